The van der Waals surface area contributed by atoms with Crippen LogP contribution in [0, 0.1) is 6.92 Å². The van der Waals surface area contributed by atoms with Crippen LogP contribution in [0.5, 0.6) is 0 Å². The zero-order chi connectivity index (χ0) is 23.9. The maximum atomic E-state index is 13.1. The van der Waals surface area contributed by atoms with Crippen molar-refractivity contribution in [2.24, 2.45) is 0 Å². The van der Waals surface area contributed by atoms with Crippen molar-refractivity contribution in [3.63, 3.8) is 0 Å². The summed E-state index contributed by atoms with van der Waals surface area (Å²) in [6.07, 6.45) is 5.15. The fraction of sp³-hybridized carbons (Fsp3) is 0.414. The summed E-state index contributed by atoms with van der Waals surface area (Å²) < 4.78 is 0. The van der Waals surface area contributed by atoms with Crippen molar-refractivity contribution in [3.05, 3.63) is 88.4 Å². The summed E-state index contributed by atoms with van der Waals surface area (Å²) in [6.45, 7) is 9.29. The summed E-state index contributed by atoms with van der Waals surface area (Å²) in [5, 5.41) is 0. The number of carbonyl (C=O) groups excluding carboxylic acids is 1. The second-order valence-electron chi connectivity index (χ2n) is 9.12. The smallest absolute Gasteiger partial charge is 0.253 e. The molecule has 1 aliphatic heterocycles. The number of aromatic nitrogens is 2. The molecule has 5 heteroatoms. The Morgan fingerprint density at radius 1 is 0.882 bits per heavy atom. The predicted molar refractivity (Wildman–Crippen MR) is 139 cm³/mol. The van der Waals surface area contributed by atoms with Crippen LogP contribution in [-0.2, 0) is 19.3 Å². The zero-order valence-corrected chi connectivity index (χ0v) is 20.8. The van der Waals surface area contributed by atoms with Crippen LogP contribution in [0.2, 0.25) is 0 Å². The highest BCUT2D eigenvalue weighted by Gasteiger charge is 2.25. The van der Waals surface area contributed by atoms with Crippen LogP contribution in [0.4, 0.5) is 5.82 Å². The molecule has 0 bridgehead atoms. The minimum absolute atomic E-state index is 0.124. The lowest BCUT2D eigenvalue weighted by molar-refractivity contribution is 0.0746. The van der Waals surface area contributed by atoms with Gasteiger partial charge in [0.15, 0.2) is 0 Å². The van der Waals surface area contributed by atoms with Crippen molar-refractivity contribution in [3.8, 4) is 0 Å². The molecule has 1 amide bonds. The Bertz CT molecular complexity index is 1090. The topological polar surface area (TPSA) is 49.3 Å². The van der Waals surface area contributed by atoms with Crippen molar-refractivity contribution in [1.29, 1.82) is 0 Å². The number of rotatable bonds is 8. The second-order valence-corrected chi connectivity index (χ2v) is 9.12. The van der Waals surface area contributed by atoms with E-state index >= 15 is 0 Å². The maximum Gasteiger partial charge on any atom is 0.253 e. The average molecular weight is 457 g/mol. The van der Waals surface area contributed by atoms with Crippen LogP contribution >= 0.6 is 0 Å². The molecule has 0 unspecified atom stereocenters. The summed E-state index contributed by atoms with van der Waals surface area (Å²) >= 11 is 0. The quantitative estimate of drug-likeness (QED) is 0.465. The Hall–Kier alpha value is -3.21. The molecule has 1 aromatic heterocycles. The fourth-order valence-electron chi connectivity index (χ4n) is 4.67. The van der Waals surface area contributed by atoms with Gasteiger partial charge in [-0.15, -0.1) is 0 Å². The molecule has 0 aliphatic carbocycles. The molecule has 5 nitrogen and oxygen atoms in total. The highest BCUT2D eigenvalue weighted by atomic mass is 16.2. The van der Waals surface area contributed by atoms with E-state index in [0.717, 1.165) is 55.3 Å². The van der Waals surface area contributed by atoms with Gasteiger partial charge in [-0.1, -0.05) is 62.7 Å². The number of hydrogen-bond acceptors (Lipinski definition) is 4. The zero-order valence-electron chi connectivity index (χ0n) is 20.8. The van der Waals surface area contributed by atoms with Gasteiger partial charge in [0, 0.05) is 49.4 Å². The summed E-state index contributed by atoms with van der Waals surface area (Å²) in [7, 11) is 0. The second kappa shape index (κ2) is 11.3. The molecule has 1 fully saturated rings. The highest BCUT2D eigenvalue weighted by molar-refractivity contribution is 5.94. The highest BCUT2D eigenvalue weighted by Crippen LogP contribution is 2.26. The van der Waals surface area contributed by atoms with E-state index in [4.69, 9.17) is 9.97 Å². The van der Waals surface area contributed by atoms with Crippen molar-refractivity contribution < 1.29 is 4.79 Å². The van der Waals surface area contributed by atoms with Crippen LogP contribution < -0.4 is 4.90 Å². The van der Waals surface area contributed by atoms with Crippen molar-refractivity contribution in [2.45, 2.75) is 52.9 Å². The molecule has 2 aromatic carbocycles. The normalized spacial score (nSPS) is 13.9. The third-order valence-electron chi connectivity index (χ3n) is 6.63. The first-order chi connectivity index (χ1) is 16.6. The molecule has 1 aliphatic rings. The molecule has 178 valence electrons. The van der Waals surface area contributed by atoms with E-state index in [9.17, 15) is 4.79 Å². The van der Waals surface area contributed by atoms with Crippen molar-refractivity contribution in [1.82, 2.24) is 14.9 Å². The van der Waals surface area contributed by atoms with Gasteiger partial charge < -0.3 is 9.80 Å². The van der Waals surface area contributed by atoms with Gasteiger partial charge in [0.1, 0.15) is 11.6 Å². The van der Waals surface area contributed by atoms with E-state index in [2.05, 4.69) is 55.1 Å². The van der Waals surface area contributed by atoms with E-state index in [1.807, 2.05) is 30.0 Å². The molecule has 34 heavy (non-hydrogen) atoms. The SMILES string of the molecule is CCCCc1ccc(C(=O)N2CCN(c3nc(C)nc(CC)c3Cc3ccccc3)CC2)cc1. The largest absolute Gasteiger partial charge is 0.353 e. The lowest BCUT2D eigenvalue weighted by atomic mass is 10.0. The molecule has 0 N–H and O–H groups in total. The number of anilines is 1. The third kappa shape index (κ3) is 5.64. The molecular weight excluding hydrogens is 420 g/mol. The average Bonchev–Trinajstić information content (AvgIpc) is 2.89. The van der Waals surface area contributed by atoms with Gasteiger partial charge in [-0.25, -0.2) is 9.97 Å². The number of carbonyl (C=O) groups is 1. The van der Waals surface area contributed by atoms with E-state index < -0.39 is 0 Å². The molecule has 4 rings (SSSR count). The summed E-state index contributed by atoms with van der Waals surface area (Å²) in [5.41, 5.74) is 5.68. The van der Waals surface area contributed by atoms with Gasteiger partial charge in [0.2, 0.25) is 0 Å². The molecule has 0 saturated carbocycles. The lowest BCUT2D eigenvalue weighted by Crippen LogP contribution is -2.49. The van der Waals surface area contributed by atoms with Crippen LogP contribution in [-0.4, -0.2) is 47.0 Å². The van der Waals surface area contributed by atoms with Crippen LogP contribution in [0.3, 0.4) is 0 Å². The molecule has 1 saturated heterocycles. The number of amides is 1. The Morgan fingerprint density at radius 2 is 1.59 bits per heavy atom. The monoisotopic (exact) mass is 456 g/mol. The molecule has 0 atom stereocenters. The third-order valence-corrected chi connectivity index (χ3v) is 6.63. The van der Waals surface area contributed by atoms with E-state index in [1.54, 1.807) is 0 Å². The minimum atomic E-state index is 0.124. The Morgan fingerprint density at radius 3 is 2.24 bits per heavy atom. The van der Waals surface area contributed by atoms with Crippen LogP contribution in [0.15, 0.2) is 54.6 Å². The minimum Gasteiger partial charge on any atom is -0.353 e. The predicted octanol–water partition coefficient (Wildman–Crippen LogP) is 5.24. The standard InChI is InChI=1S/C29H36N4O/c1-4-6-10-23-13-15-25(16-14-23)29(34)33-19-17-32(18-20-33)28-26(21-24-11-8-7-9-12-24)27(5-2)30-22(3)31-28/h7-9,11-16H,4-6,10,17-21H2,1-3H3. The summed E-state index contributed by atoms with van der Waals surface area (Å²) in [6, 6.07) is 18.7. The van der Waals surface area contributed by atoms with Gasteiger partial charge in [0.25, 0.3) is 5.91 Å². The maximum absolute atomic E-state index is 13.1. The molecule has 3 aromatic rings. The Kier molecular flexibility index (Phi) is 7.94. The summed E-state index contributed by atoms with van der Waals surface area (Å²) in [5.74, 6) is 1.96. The number of benzene rings is 2. The molecule has 0 spiro atoms. The van der Waals surface area contributed by atoms with E-state index in [1.165, 1.54) is 29.5 Å². The van der Waals surface area contributed by atoms with Crippen molar-refractivity contribution >= 4 is 11.7 Å². The number of hydrogen-bond donors (Lipinski definition) is 0. The number of aryl methyl sites for hydroxylation is 3. The summed E-state index contributed by atoms with van der Waals surface area (Å²) in [4.78, 5) is 27.0. The van der Waals surface area contributed by atoms with Gasteiger partial charge in [0.05, 0.1) is 0 Å². The first-order valence-corrected chi connectivity index (χ1v) is 12.6. The molecule has 0 radical (unpaired) electrons. The number of unbranched alkanes of at least 4 members (excludes halogenated alkanes) is 1. The number of nitrogens with zero attached hydrogens (tertiary/aromatic N) is 4. The van der Waals surface area contributed by atoms with Gasteiger partial charge in [-0.3, -0.25) is 4.79 Å². The molecule has 2 heterocycles. The fourth-order valence-corrected chi connectivity index (χ4v) is 4.67. The van der Waals surface area contributed by atoms with Gasteiger partial charge >= 0.3 is 0 Å². The lowest BCUT2D eigenvalue weighted by Gasteiger charge is -2.36. The van der Waals surface area contributed by atoms with E-state index in [0.29, 0.717) is 13.1 Å². The van der Waals surface area contributed by atoms with Crippen LogP contribution in [0.25, 0.3) is 0 Å². The van der Waals surface area contributed by atoms with E-state index in [-0.39, 0.29) is 5.91 Å². The first-order valence-electron chi connectivity index (χ1n) is 12.6. The van der Waals surface area contributed by atoms with Gasteiger partial charge in [-0.05, 0) is 49.4 Å². The van der Waals surface area contributed by atoms with Crippen molar-refractivity contribution in [2.75, 3.05) is 31.1 Å². The first kappa shape index (κ1) is 23.9. The number of piperazine rings is 1. The Balaban J connectivity index is 1.47. The van der Waals surface area contributed by atoms with Gasteiger partial charge in [-0.2, -0.15) is 0 Å². The van der Waals surface area contributed by atoms with Crippen LogP contribution in [0.1, 0.15) is 65.3 Å². The Labute approximate surface area is 203 Å². The molecular formula is C29H36N4O.